The van der Waals surface area contributed by atoms with Gasteiger partial charge < -0.3 is 75.5 Å². The van der Waals surface area contributed by atoms with E-state index in [0.717, 1.165) is 0 Å². The number of carbonyl (C=O) groups is 1. The number of hydrogen-bond acceptors (Lipinski definition) is 16. The Kier molecular flexibility index (Phi) is 10.6. The molecule has 0 aromatic heterocycles. The van der Waals surface area contributed by atoms with Crippen LogP contribution in [0.3, 0.4) is 0 Å². The molecule has 34 heavy (non-hydrogen) atoms. The molecule has 1 unspecified atom stereocenters. The van der Waals surface area contributed by atoms with Crippen LogP contribution in [-0.2, 0) is 19.0 Å². The molecular formula is C18H32O16. The Labute approximate surface area is 192 Å². The van der Waals surface area contributed by atoms with E-state index in [9.17, 15) is 61.0 Å². The van der Waals surface area contributed by atoms with Gasteiger partial charge in [0.15, 0.2) is 12.1 Å². The van der Waals surface area contributed by atoms with Crippen LogP contribution in [0.2, 0.25) is 0 Å². The van der Waals surface area contributed by atoms with E-state index in [1.54, 1.807) is 0 Å². The minimum absolute atomic E-state index is 0.784. The number of aliphatic hydroxyl groups is 12. The molecule has 0 bridgehead atoms. The Hall–Kier alpha value is -0.930. The summed E-state index contributed by atoms with van der Waals surface area (Å²) in [5.74, 6) is -1.45. The number of aliphatic hydroxyl groups excluding tert-OH is 12. The zero-order valence-electron chi connectivity index (χ0n) is 17.7. The van der Waals surface area contributed by atoms with Crippen molar-refractivity contribution in [3.05, 3.63) is 0 Å². The Balaban J connectivity index is 2.15. The second-order valence-electron chi connectivity index (χ2n) is 8.14. The summed E-state index contributed by atoms with van der Waals surface area (Å²) in [5, 5.41) is 117. The van der Waals surface area contributed by atoms with Crippen molar-refractivity contribution in [2.45, 2.75) is 85.6 Å². The van der Waals surface area contributed by atoms with Crippen LogP contribution in [0.4, 0.5) is 0 Å². The van der Waals surface area contributed by atoms with Crippen molar-refractivity contribution in [3.8, 4) is 0 Å². The van der Waals surface area contributed by atoms with Crippen LogP contribution in [0.1, 0.15) is 0 Å². The molecule has 14 atom stereocenters. The van der Waals surface area contributed by atoms with Gasteiger partial charge in [0.05, 0.1) is 19.8 Å². The minimum atomic E-state index is -2.45. The molecule has 2 rings (SSSR count). The number of Topliss-reactive ketones (excluding diaryl/α,β-unsaturated/α-hetero) is 1. The molecule has 0 radical (unpaired) electrons. The minimum Gasteiger partial charge on any atom is -0.394 e. The summed E-state index contributed by atoms with van der Waals surface area (Å²) in [4.78, 5) is 12.5. The van der Waals surface area contributed by atoms with Gasteiger partial charge in [-0.2, -0.15) is 0 Å². The maximum Gasteiger partial charge on any atom is 0.195 e. The Morgan fingerprint density at radius 1 is 0.735 bits per heavy atom. The first kappa shape index (κ1) is 29.3. The van der Waals surface area contributed by atoms with Gasteiger partial charge in [0.1, 0.15) is 79.4 Å². The van der Waals surface area contributed by atoms with Gasteiger partial charge in [-0.15, -0.1) is 0 Å². The van der Waals surface area contributed by atoms with E-state index >= 15 is 0 Å². The highest BCUT2D eigenvalue weighted by Gasteiger charge is 2.53. The third-order valence-corrected chi connectivity index (χ3v) is 5.83. The quantitative estimate of drug-likeness (QED) is 0.131. The van der Waals surface area contributed by atoms with E-state index in [2.05, 4.69) is 0 Å². The summed E-state index contributed by atoms with van der Waals surface area (Å²) in [6.07, 6.45) is -27.0. The van der Waals surface area contributed by atoms with Crippen molar-refractivity contribution in [3.63, 3.8) is 0 Å². The van der Waals surface area contributed by atoms with Crippen LogP contribution in [0.5, 0.6) is 0 Å². The van der Waals surface area contributed by atoms with Gasteiger partial charge in [-0.3, -0.25) is 4.79 Å². The Bertz CT molecular complexity index is 647. The molecule has 0 aliphatic carbocycles. The van der Waals surface area contributed by atoms with E-state index in [1.165, 1.54) is 0 Å². The predicted octanol–water partition coefficient (Wildman–Crippen LogP) is -8.34. The molecule has 2 aliphatic heterocycles. The van der Waals surface area contributed by atoms with Crippen LogP contribution >= 0.6 is 0 Å². The largest absolute Gasteiger partial charge is 0.394 e. The molecule has 2 saturated heterocycles. The fraction of sp³-hybridized carbons (Fsp3) is 0.944. The highest BCUT2D eigenvalue weighted by Crippen LogP contribution is 2.30. The van der Waals surface area contributed by atoms with Crippen LogP contribution in [-0.4, -0.2) is 173 Å². The molecule has 2 aliphatic rings. The summed E-state index contributed by atoms with van der Waals surface area (Å²) < 4.78 is 15.7. The smallest absolute Gasteiger partial charge is 0.195 e. The lowest BCUT2D eigenvalue weighted by molar-refractivity contribution is -0.340. The zero-order chi connectivity index (χ0) is 25.9. The zero-order valence-corrected chi connectivity index (χ0v) is 17.7. The molecular weight excluding hydrogens is 472 g/mol. The van der Waals surface area contributed by atoms with Gasteiger partial charge in [-0.1, -0.05) is 0 Å². The lowest BCUT2D eigenvalue weighted by Crippen LogP contribution is -2.66. The molecule has 0 spiro atoms. The molecule has 200 valence electrons. The number of ether oxygens (including phenoxy) is 3. The number of ketones is 1. The average molecular weight is 504 g/mol. The highest BCUT2D eigenvalue weighted by molar-refractivity contribution is 5.88. The van der Waals surface area contributed by atoms with E-state index in [1.807, 2.05) is 0 Å². The van der Waals surface area contributed by atoms with Crippen LogP contribution < -0.4 is 0 Å². The van der Waals surface area contributed by atoms with Gasteiger partial charge in [-0.05, 0) is 0 Å². The third-order valence-electron chi connectivity index (χ3n) is 5.83. The summed E-state index contributed by atoms with van der Waals surface area (Å²) in [6.45, 7) is -2.74. The van der Waals surface area contributed by atoms with Crippen molar-refractivity contribution in [2.24, 2.45) is 0 Å². The van der Waals surface area contributed by atoms with Gasteiger partial charge in [-0.25, -0.2) is 0 Å². The SMILES string of the molecule is O=C(C1O[C@H](CO)[C@@H](O[C@@H]2O[C@H](CO)[C@H](O)[C@H](O)[C@H]2O)[C@H](O)[C@H]1O)[C@@H](O)[C@@H](O)[C@H](O)[C@H](O)CO. The van der Waals surface area contributed by atoms with Crippen LogP contribution in [0.25, 0.3) is 0 Å². The molecule has 12 N–H and O–H groups in total. The van der Waals surface area contributed by atoms with Crippen molar-refractivity contribution in [1.29, 1.82) is 0 Å². The first-order valence-electron chi connectivity index (χ1n) is 10.4. The van der Waals surface area contributed by atoms with Crippen LogP contribution in [0, 0.1) is 0 Å². The number of carbonyl (C=O) groups excluding carboxylic acids is 1. The first-order chi connectivity index (χ1) is 15.9. The van der Waals surface area contributed by atoms with Gasteiger partial charge in [0.25, 0.3) is 0 Å². The fourth-order valence-electron chi connectivity index (χ4n) is 3.68. The summed E-state index contributed by atoms with van der Waals surface area (Å²) in [7, 11) is 0. The number of rotatable bonds is 10. The molecule has 16 nitrogen and oxygen atoms in total. The predicted molar refractivity (Wildman–Crippen MR) is 103 cm³/mol. The van der Waals surface area contributed by atoms with Gasteiger partial charge >= 0.3 is 0 Å². The topological polar surface area (TPSA) is 288 Å². The second kappa shape index (κ2) is 12.3. The molecule has 2 fully saturated rings. The highest BCUT2D eigenvalue weighted by atomic mass is 16.7. The van der Waals surface area contributed by atoms with Gasteiger partial charge in [0.2, 0.25) is 0 Å². The summed E-state index contributed by atoms with van der Waals surface area (Å²) in [5.41, 5.74) is 0. The van der Waals surface area contributed by atoms with Crippen LogP contribution in [0.15, 0.2) is 0 Å². The second-order valence-corrected chi connectivity index (χ2v) is 8.14. The summed E-state index contributed by atoms with van der Waals surface area (Å²) >= 11 is 0. The molecule has 16 heteroatoms. The summed E-state index contributed by atoms with van der Waals surface area (Å²) in [6, 6.07) is 0. The maximum atomic E-state index is 12.5. The van der Waals surface area contributed by atoms with Crippen molar-refractivity contribution < 1.29 is 80.3 Å². The van der Waals surface area contributed by atoms with Crippen molar-refractivity contribution >= 4 is 5.78 Å². The lowest BCUT2D eigenvalue weighted by atomic mass is 9.89. The standard InChI is InChI=1S/C18H32O16/c19-1-4(22)7(23)9(25)11(27)12(28)17-14(30)13(29)16(6(3-21)32-17)34-18-15(31)10(26)8(24)5(2-20)33-18/h4-11,13-27,29-31H,1-3H2/t4-,5-,6-,7-,8+,9+,10+,11+,13-,14-,15-,16-,17?,18+/m1/s1. The average Bonchev–Trinajstić information content (AvgIpc) is 2.84. The third kappa shape index (κ3) is 5.89. The molecule has 0 saturated carbocycles. The molecule has 2 heterocycles. The van der Waals surface area contributed by atoms with Crippen molar-refractivity contribution in [2.75, 3.05) is 19.8 Å². The fourth-order valence-corrected chi connectivity index (χ4v) is 3.68. The number of hydrogen-bond donors (Lipinski definition) is 12. The normalized spacial score (nSPS) is 42.6. The Morgan fingerprint density at radius 2 is 1.32 bits per heavy atom. The van der Waals surface area contributed by atoms with E-state index in [-0.39, 0.29) is 0 Å². The maximum absolute atomic E-state index is 12.5. The van der Waals surface area contributed by atoms with E-state index in [0.29, 0.717) is 0 Å². The first-order valence-corrected chi connectivity index (χ1v) is 10.4. The van der Waals surface area contributed by atoms with Gasteiger partial charge in [0, 0.05) is 0 Å². The molecule has 0 amide bonds. The lowest BCUT2D eigenvalue weighted by Gasteiger charge is -2.46. The Morgan fingerprint density at radius 3 is 1.85 bits per heavy atom. The van der Waals surface area contributed by atoms with Crippen molar-refractivity contribution in [1.82, 2.24) is 0 Å². The van der Waals surface area contributed by atoms with E-state index in [4.69, 9.17) is 19.3 Å². The monoisotopic (exact) mass is 504 g/mol. The molecule has 0 aromatic rings. The molecule has 0 aromatic carbocycles. The van der Waals surface area contributed by atoms with E-state index < -0.39 is 111 Å².